The summed E-state index contributed by atoms with van der Waals surface area (Å²) in [5.74, 6) is -2.11. The van der Waals surface area contributed by atoms with Crippen molar-refractivity contribution in [3.8, 4) is 0 Å². The van der Waals surface area contributed by atoms with Crippen molar-refractivity contribution >= 4 is 67.8 Å². The SMILES string of the molecule is CCOC(=O)[C@@H](Cc1ccccc1)N1C(=O)/C(=C/N2N=C(c3ccc(Br)cc3)C[C@@H]2C(=O)O)SC1=S. The Morgan fingerprint density at radius 1 is 1.25 bits per heavy atom. The van der Waals surface area contributed by atoms with Crippen LogP contribution in [0.2, 0.25) is 0 Å². The van der Waals surface area contributed by atoms with Gasteiger partial charge in [-0.1, -0.05) is 82.4 Å². The topological polar surface area (TPSA) is 99.5 Å². The number of aliphatic carboxylic acids is 1. The Morgan fingerprint density at radius 3 is 2.58 bits per heavy atom. The van der Waals surface area contributed by atoms with Gasteiger partial charge in [-0.3, -0.25) is 14.7 Å². The maximum atomic E-state index is 13.4. The van der Waals surface area contributed by atoms with Crippen molar-refractivity contribution in [2.45, 2.75) is 31.8 Å². The highest BCUT2D eigenvalue weighted by molar-refractivity contribution is 9.10. The molecule has 0 aliphatic carbocycles. The van der Waals surface area contributed by atoms with Gasteiger partial charge in [0, 0.05) is 23.5 Å². The highest BCUT2D eigenvalue weighted by atomic mass is 79.9. The molecule has 0 aromatic heterocycles. The summed E-state index contributed by atoms with van der Waals surface area (Å²) in [5.41, 5.74) is 2.23. The highest BCUT2D eigenvalue weighted by Gasteiger charge is 2.42. The smallest absolute Gasteiger partial charge is 0.329 e. The van der Waals surface area contributed by atoms with Crippen molar-refractivity contribution in [2.75, 3.05) is 6.61 Å². The molecule has 36 heavy (non-hydrogen) atoms. The van der Waals surface area contributed by atoms with E-state index in [0.29, 0.717) is 5.71 Å². The number of hydrazone groups is 1. The van der Waals surface area contributed by atoms with Gasteiger partial charge in [0.05, 0.1) is 17.2 Å². The zero-order chi connectivity index (χ0) is 25.8. The highest BCUT2D eigenvalue weighted by Crippen LogP contribution is 2.35. The van der Waals surface area contributed by atoms with Crippen LogP contribution in [0.15, 0.2) is 75.3 Å². The fourth-order valence-corrected chi connectivity index (χ4v) is 5.47. The van der Waals surface area contributed by atoms with Crippen LogP contribution in [0, 0.1) is 0 Å². The van der Waals surface area contributed by atoms with E-state index in [-0.39, 0.29) is 28.7 Å². The second-order valence-electron chi connectivity index (χ2n) is 7.99. The van der Waals surface area contributed by atoms with E-state index < -0.39 is 29.9 Å². The van der Waals surface area contributed by atoms with E-state index in [4.69, 9.17) is 17.0 Å². The molecule has 2 aromatic rings. The number of ether oxygens (including phenoxy) is 1. The summed E-state index contributed by atoms with van der Waals surface area (Å²) in [6, 6.07) is 14.8. The third-order valence-corrected chi connectivity index (χ3v) is 7.47. The van der Waals surface area contributed by atoms with Crippen LogP contribution in [0.3, 0.4) is 0 Å². The molecule has 1 saturated heterocycles. The van der Waals surface area contributed by atoms with Gasteiger partial charge in [-0.05, 0) is 30.2 Å². The Labute approximate surface area is 226 Å². The fraction of sp³-hybridized carbons (Fsp3) is 0.240. The lowest BCUT2D eigenvalue weighted by Crippen LogP contribution is -2.46. The maximum Gasteiger partial charge on any atom is 0.329 e. The number of thiocarbonyl (C=S) groups is 1. The Hall–Kier alpha value is -3.02. The number of benzene rings is 2. The van der Waals surface area contributed by atoms with E-state index in [1.54, 1.807) is 6.92 Å². The van der Waals surface area contributed by atoms with Gasteiger partial charge in [-0.15, -0.1) is 0 Å². The van der Waals surface area contributed by atoms with Crippen molar-refractivity contribution < 1.29 is 24.2 Å². The summed E-state index contributed by atoms with van der Waals surface area (Å²) in [6.07, 6.45) is 1.80. The van der Waals surface area contributed by atoms with Crippen LogP contribution >= 0.6 is 39.9 Å². The molecular formula is C25H22BrN3O5S2. The van der Waals surface area contributed by atoms with E-state index in [1.165, 1.54) is 16.1 Å². The van der Waals surface area contributed by atoms with Crippen molar-refractivity contribution in [3.63, 3.8) is 0 Å². The number of nitrogens with zero attached hydrogens (tertiary/aromatic N) is 3. The van der Waals surface area contributed by atoms with E-state index in [2.05, 4.69) is 21.0 Å². The minimum absolute atomic E-state index is 0.163. The number of halogens is 1. The average molecular weight is 589 g/mol. The van der Waals surface area contributed by atoms with Gasteiger partial charge in [0.15, 0.2) is 6.04 Å². The second kappa shape index (κ2) is 11.4. The van der Waals surface area contributed by atoms with Gasteiger partial charge in [-0.2, -0.15) is 5.10 Å². The number of carbonyl (C=O) groups is 3. The first-order valence-corrected chi connectivity index (χ1v) is 13.1. The maximum absolute atomic E-state index is 13.4. The molecule has 2 aliphatic heterocycles. The lowest BCUT2D eigenvalue weighted by atomic mass is 10.0. The summed E-state index contributed by atoms with van der Waals surface area (Å²) in [5, 5.41) is 15.5. The zero-order valence-corrected chi connectivity index (χ0v) is 22.4. The minimum atomic E-state index is -1.06. The van der Waals surface area contributed by atoms with Crippen molar-refractivity contribution in [3.05, 3.63) is 81.3 Å². The molecule has 2 atom stereocenters. The molecule has 0 radical (unpaired) electrons. The summed E-state index contributed by atoms with van der Waals surface area (Å²) in [7, 11) is 0. The fourth-order valence-electron chi connectivity index (χ4n) is 3.88. The van der Waals surface area contributed by atoms with Crippen LogP contribution in [0.1, 0.15) is 24.5 Å². The average Bonchev–Trinajstić information content (AvgIpc) is 3.40. The van der Waals surface area contributed by atoms with Crippen LogP contribution in [-0.4, -0.2) is 61.6 Å². The molecule has 0 unspecified atom stereocenters. The Morgan fingerprint density at radius 2 is 1.94 bits per heavy atom. The number of thioether (sulfide) groups is 1. The molecule has 0 saturated carbocycles. The van der Waals surface area contributed by atoms with E-state index >= 15 is 0 Å². The summed E-state index contributed by atoms with van der Waals surface area (Å²) < 4.78 is 6.33. The van der Waals surface area contributed by atoms with E-state index in [1.807, 2.05) is 54.6 Å². The number of carboxylic acids is 1. The number of rotatable bonds is 8. The zero-order valence-electron chi connectivity index (χ0n) is 19.2. The van der Waals surface area contributed by atoms with Crippen molar-refractivity contribution in [2.24, 2.45) is 5.10 Å². The Balaban J connectivity index is 1.62. The first-order valence-electron chi connectivity index (χ1n) is 11.1. The summed E-state index contributed by atoms with van der Waals surface area (Å²) in [4.78, 5) is 39.6. The van der Waals surface area contributed by atoms with E-state index in [0.717, 1.165) is 27.4 Å². The summed E-state index contributed by atoms with van der Waals surface area (Å²) in [6.45, 7) is 1.86. The predicted octanol–water partition coefficient (Wildman–Crippen LogP) is 4.19. The first-order chi connectivity index (χ1) is 17.3. The lowest BCUT2D eigenvalue weighted by Gasteiger charge is -2.25. The number of esters is 1. The second-order valence-corrected chi connectivity index (χ2v) is 10.6. The molecule has 2 aliphatic rings. The van der Waals surface area contributed by atoms with Crippen LogP contribution in [0.5, 0.6) is 0 Å². The van der Waals surface area contributed by atoms with Gasteiger partial charge < -0.3 is 9.84 Å². The number of carboxylic acid groups (broad SMARTS) is 1. The first kappa shape index (κ1) is 26.1. The quantitative estimate of drug-likeness (QED) is 0.279. The molecule has 0 bridgehead atoms. The number of amides is 1. The van der Waals surface area contributed by atoms with Crippen molar-refractivity contribution in [1.29, 1.82) is 0 Å². The molecule has 1 amide bonds. The number of hydrogen-bond donors (Lipinski definition) is 1. The lowest BCUT2D eigenvalue weighted by molar-refractivity contribution is -0.150. The third kappa shape index (κ3) is 5.69. The monoisotopic (exact) mass is 587 g/mol. The van der Waals surface area contributed by atoms with Crippen LogP contribution in [-0.2, 0) is 25.5 Å². The summed E-state index contributed by atoms with van der Waals surface area (Å²) >= 11 is 9.86. The van der Waals surface area contributed by atoms with Gasteiger partial charge in [0.1, 0.15) is 10.4 Å². The molecule has 11 heteroatoms. The third-order valence-electron chi connectivity index (χ3n) is 5.62. The standard InChI is InChI=1S/C25H22BrN3O5S2/c1-2-34-24(33)20(12-15-6-4-3-5-7-15)29-22(30)21(36-25(29)35)14-28-19(23(31)32)13-18(27-28)16-8-10-17(26)11-9-16/h3-11,14,19-20H,2,12-13H2,1H3,(H,31,32)/b21-14-/t19-,20-/m1/s1. The minimum Gasteiger partial charge on any atom is -0.480 e. The largest absolute Gasteiger partial charge is 0.480 e. The van der Waals surface area contributed by atoms with Gasteiger partial charge in [0.25, 0.3) is 5.91 Å². The molecule has 1 N–H and O–H groups in total. The van der Waals surface area contributed by atoms with Gasteiger partial charge in [0.2, 0.25) is 0 Å². The number of hydrogen-bond acceptors (Lipinski definition) is 8. The molecule has 8 nitrogen and oxygen atoms in total. The van der Waals surface area contributed by atoms with Crippen LogP contribution in [0.4, 0.5) is 0 Å². The van der Waals surface area contributed by atoms with E-state index in [9.17, 15) is 19.5 Å². The molecule has 2 heterocycles. The number of carbonyl (C=O) groups excluding carboxylic acids is 2. The van der Waals surface area contributed by atoms with Gasteiger partial charge in [-0.25, -0.2) is 9.59 Å². The Kier molecular flexibility index (Phi) is 8.22. The molecule has 2 aromatic carbocycles. The molecule has 0 spiro atoms. The predicted molar refractivity (Wildman–Crippen MR) is 144 cm³/mol. The van der Waals surface area contributed by atoms with Crippen LogP contribution in [0.25, 0.3) is 0 Å². The molecule has 4 rings (SSSR count). The Bertz CT molecular complexity index is 1250. The normalized spacial score (nSPS) is 19.6. The van der Waals surface area contributed by atoms with Gasteiger partial charge >= 0.3 is 11.9 Å². The molecular weight excluding hydrogens is 566 g/mol. The van der Waals surface area contributed by atoms with Crippen molar-refractivity contribution in [1.82, 2.24) is 9.91 Å². The molecule has 186 valence electrons. The molecule has 1 fully saturated rings. The van der Waals surface area contributed by atoms with Crippen LogP contribution < -0.4 is 0 Å².